The van der Waals surface area contributed by atoms with Gasteiger partial charge in [0.1, 0.15) is 7.49 Å². The smallest absolute Gasteiger partial charge is 0.309 e. The van der Waals surface area contributed by atoms with E-state index in [-0.39, 0.29) is 17.3 Å². The van der Waals surface area contributed by atoms with Crippen LogP contribution in [0.3, 0.4) is 0 Å². The molecule has 0 radical (unpaired) electrons. The SMILES string of the molecule is CCOC(=O)C1C(C[P+](O)(CC)CC)C1(C)C. The number of hydrogen-bond acceptors (Lipinski definition) is 3. The summed E-state index contributed by atoms with van der Waals surface area (Å²) in [4.78, 5) is 22.3. The topological polar surface area (TPSA) is 46.5 Å². The lowest BCUT2D eigenvalue weighted by Crippen LogP contribution is -2.11. The number of esters is 1. The van der Waals surface area contributed by atoms with Crippen molar-refractivity contribution in [2.45, 2.75) is 34.6 Å². The van der Waals surface area contributed by atoms with Gasteiger partial charge in [0.15, 0.2) is 0 Å². The molecule has 3 nitrogen and oxygen atoms in total. The largest absolute Gasteiger partial charge is 0.466 e. The van der Waals surface area contributed by atoms with E-state index >= 15 is 0 Å². The van der Waals surface area contributed by atoms with Crippen molar-refractivity contribution >= 4 is 13.5 Å². The Bertz CT molecular complexity index is 284. The molecule has 0 aromatic heterocycles. The summed E-state index contributed by atoms with van der Waals surface area (Å²) in [6.07, 6.45) is 2.52. The average molecular weight is 261 g/mol. The average Bonchev–Trinajstić information content (AvgIpc) is 2.80. The van der Waals surface area contributed by atoms with Crippen LogP contribution in [-0.2, 0) is 9.53 Å². The lowest BCUT2D eigenvalue weighted by atomic mass is 10.1. The first-order valence-electron chi connectivity index (χ1n) is 6.57. The molecule has 0 aromatic carbocycles. The van der Waals surface area contributed by atoms with E-state index < -0.39 is 7.49 Å². The summed E-state index contributed by atoms with van der Waals surface area (Å²) in [5.74, 6) is 0.216. The van der Waals surface area contributed by atoms with Gasteiger partial charge in [0.05, 0.1) is 31.0 Å². The van der Waals surface area contributed by atoms with Crippen LogP contribution < -0.4 is 0 Å². The predicted molar refractivity (Wildman–Crippen MR) is 72.5 cm³/mol. The van der Waals surface area contributed by atoms with Crippen LogP contribution in [0.15, 0.2) is 0 Å². The number of carbonyl (C=O) groups is 1. The maximum absolute atomic E-state index is 11.8. The van der Waals surface area contributed by atoms with Crippen LogP contribution in [0.4, 0.5) is 0 Å². The number of carbonyl (C=O) groups excluding carboxylic acids is 1. The first-order valence-corrected chi connectivity index (χ1v) is 8.87. The van der Waals surface area contributed by atoms with E-state index in [1.54, 1.807) is 0 Å². The molecule has 0 heterocycles. The van der Waals surface area contributed by atoms with E-state index in [0.717, 1.165) is 18.5 Å². The predicted octanol–water partition coefficient (Wildman–Crippen LogP) is 2.79. The van der Waals surface area contributed by atoms with Crippen molar-refractivity contribution in [1.29, 1.82) is 0 Å². The molecule has 17 heavy (non-hydrogen) atoms. The normalized spacial score (nSPS) is 26.7. The summed E-state index contributed by atoms with van der Waals surface area (Å²) in [5.41, 5.74) is 0.00454. The Hall–Kier alpha value is -0.140. The molecule has 2 unspecified atom stereocenters. The molecule has 1 aliphatic rings. The molecule has 1 rings (SSSR count). The molecular formula is C13H26O3P+. The third-order valence-electron chi connectivity index (χ3n) is 4.30. The summed E-state index contributed by atoms with van der Waals surface area (Å²) in [6, 6.07) is 0. The van der Waals surface area contributed by atoms with Crippen molar-refractivity contribution in [3.8, 4) is 0 Å². The van der Waals surface area contributed by atoms with E-state index in [4.69, 9.17) is 4.74 Å². The monoisotopic (exact) mass is 261 g/mol. The third kappa shape index (κ3) is 3.00. The van der Waals surface area contributed by atoms with E-state index in [1.807, 2.05) is 20.8 Å². The molecule has 0 saturated heterocycles. The molecule has 4 heteroatoms. The fraction of sp³-hybridized carbons (Fsp3) is 0.923. The Morgan fingerprint density at radius 2 is 1.82 bits per heavy atom. The number of hydrogen-bond donors (Lipinski definition) is 1. The zero-order valence-electron chi connectivity index (χ0n) is 11.7. The van der Waals surface area contributed by atoms with Crippen molar-refractivity contribution in [3.63, 3.8) is 0 Å². The Labute approximate surface area is 105 Å². The van der Waals surface area contributed by atoms with Gasteiger partial charge in [-0.25, -0.2) is 0 Å². The summed E-state index contributed by atoms with van der Waals surface area (Å²) >= 11 is 0. The molecule has 0 aromatic rings. The second-order valence-corrected chi connectivity index (χ2v) is 9.39. The summed E-state index contributed by atoms with van der Waals surface area (Å²) in [6.45, 7) is 10.6. The summed E-state index contributed by atoms with van der Waals surface area (Å²) in [7, 11) is -1.81. The van der Waals surface area contributed by atoms with E-state index in [0.29, 0.717) is 12.5 Å². The van der Waals surface area contributed by atoms with Gasteiger partial charge in [-0.05, 0) is 26.2 Å². The second kappa shape index (κ2) is 5.24. The molecule has 2 atom stereocenters. The quantitative estimate of drug-likeness (QED) is 0.590. The van der Waals surface area contributed by atoms with Gasteiger partial charge in [-0.2, -0.15) is 0 Å². The molecule has 1 fully saturated rings. The minimum absolute atomic E-state index is 0.00454. The molecular weight excluding hydrogens is 235 g/mol. The van der Waals surface area contributed by atoms with E-state index in [2.05, 4.69) is 13.8 Å². The highest BCUT2D eigenvalue weighted by molar-refractivity contribution is 7.70. The summed E-state index contributed by atoms with van der Waals surface area (Å²) < 4.78 is 5.11. The number of ether oxygens (including phenoxy) is 1. The van der Waals surface area contributed by atoms with Crippen LogP contribution in [0, 0.1) is 17.3 Å². The zero-order chi connectivity index (χ0) is 13.3. The van der Waals surface area contributed by atoms with Crippen LogP contribution in [0.25, 0.3) is 0 Å². The minimum atomic E-state index is -1.81. The first kappa shape index (κ1) is 14.9. The fourth-order valence-electron chi connectivity index (χ4n) is 2.63. The van der Waals surface area contributed by atoms with Gasteiger partial charge in [0, 0.05) is 5.92 Å². The lowest BCUT2D eigenvalue weighted by molar-refractivity contribution is -0.145. The van der Waals surface area contributed by atoms with Crippen molar-refractivity contribution < 1.29 is 14.4 Å². The van der Waals surface area contributed by atoms with Gasteiger partial charge in [-0.3, -0.25) is 9.69 Å². The van der Waals surface area contributed by atoms with Gasteiger partial charge in [-0.15, -0.1) is 0 Å². The molecule has 0 aliphatic heterocycles. The van der Waals surface area contributed by atoms with Gasteiger partial charge in [0.25, 0.3) is 0 Å². The van der Waals surface area contributed by atoms with E-state index in [1.165, 1.54) is 0 Å². The fourth-order valence-corrected chi connectivity index (χ4v) is 5.01. The highest BCUT2D eigenvalue weighted by atomic mass is 31.2. The lowest BCUT2D eigenvalue weighted by Gasteiger charge is -2.17. The molecule has 0 bridgehead atoms. The zero-order valence-corrected chi connectivity index (χ0v) is 12.6. The molecule has 1 N–H and O–H groups in total. The van der Waals surface area contributed by atoms with Crippen molar-refractivity contribution in [3.05, 3.63) is 0 Å². The maximum atomic E-state index is 11.8. The summed E-state index contributed by atoms with van der Waals surface area (Å²) in [5, 5.41) is 0. The van der Waals surface area contributed by atoms with Crippen molar-refractivity contribution in [2.24, 2.45) is 17.3 Å². The van der Waals surface area contributed by atoms with E-state index in [9.17, 15) is 9.69 Å². The van der Waals surface area contributed by atoms with Crippen LogP contribution in [0.1, 0.15) is 34.6 Å². The Morgan fingerprint density at radius 3 is 2.24 bits per heavy atom. The second-order valence-electron chi connectivity index (χ2n) is 5.57. The third-order valence-corrected chi connectivity index (χ3v) is 7.73. The Kier molecular flexibility index (Phi) is 4.60. The molecule has 0 amide bonds. The first-order chi connectivity index (χ1) is 7.82. The number of rotatable bonds is 6. The van der Waals surface area contributed by atoms with Gasteiger partial charge in [-0.1, -0.05) is 13.8 Å². The van der Waals surface area contributed by atoms with Crippen LogP contribution in [0.2, 0.25) is 0 Å². The highest BCUT2D eigenvalue weighted by Gasteiger charge is 2.65. The molecule has 0 spiro atoms. The highest BCUT2D eigenvalue weighted by Crippen LogP contribution is 2.67. The van der Waals surface area contributed by atoms with Gasteiger partial charge < -0.3 is 4.74 Å². The van der Waals surface area contributed by atoms with Gasteiger partial charge in [0.2, 0.25) is 0 Å². The van der Waals surface area contributed by atoms with Crippen LogP contribution in [0.5, 0.6) is 0 Å². The van der Waals surface area contributed by atoms with Crippen LogP contribution >= 0.6 is 7.49 Å². The standard InChI is InChI=1S/C13H26O3P/c1-6-16-12(14)11-10(13(11,4)5)9-17(15,7-2)8-3/h10-11,15H,6-9H2,1-5H3/q+1. The Morgan fingerprint density at radius 1 is 1.29 bits per heavy atom. The minimum Gasteiger partial charge on any atom is -0.466 e. The molecule has 100 valence electrons. The van der Waals surface area contributed by atoms with Gasteiger partial charge >= 0.3 is 5.97 Å². The van der Waals surface area contributed by atoms with Crippen molar-refractivity contribution in [1.82, 2.24) is 0 Å². The maximum Gasteiger partial charge on any atom is 0.309 e. The van der Waals surface area contributed by atoms with Crippen molar-refractivity contribution in [2.75, 3.05) is 25.1 Å². The van der Waals surface area contributed by atoms with Crippen LogP contribution in [-0.4, -0.2) is 36.0 Å². The molecule has 1 aliphatic carbocycles. The molecule has 1 saturated carbocycles. The Balaban J connectivity index is 2.65.